The van der Waals surface area contributed by atoms with E-state index in [2.05, 4.69) is 13.8 Å². The molecule has 0 fully saturated rings. The summed E-state index contributed by atoms with van der Waals surface area (Å²) >= 11 is 0. The molecule has 0 rings (SSSR count). The molecule has 112 valence electrons. The number of ether oxygens (including phenoxy) is 3. The summed E-state index contributed by atoms with van der Waals surface area (Å²) in [6.45, 7) is 11.0. The summed E-state index contributed by atoms with van der Waals surface area (Å²) in [5, 5.41) is 0. The Morgan fingerprint density at radius 1 is 0.737 bits per heavy atom. The van der Waals surface area contributed by atoms with Crippen molar-refractivity contribution in [3.63, 3.8) is 0 Å². The molecule has 0 saturated heterocycles. The fraction of sp³-hybridized carbons (Fsp3) is 0.750. The Hall–Kier alpha value is -0.960. The van der Waals surface area contributed by atoms with E-state index in [0.29, 0.717) is 13.2 Å². The van der Waals surface area contributed by atoms with Gasteiger partial charge in [0.2, 0.25) is 0 Å². The summed E-state index contributed by atoms with van der Waals surface area (Å²) < 4.78 is 16.9. The van der Waals surface area contributed by atoms with Crippen molar-refractivity contribution in [1.29, 1.82) is 0 Å². The van der Waals surface area contributed by atoms with Crippen molar-refractivity contribution in [3.8, 4) is 0 Å². The van der Waals surface area contributed by atoms with E-state index in [1.807, 2.05) is 26.0 Å². The third-order valence-electron chi connectivity index (χ3n) is 2.65. The third kappa shape index (κ3) is 9.60. The Bertz CT molecular complexity index is 257. The van der Waals surface area contributed by atoms with E-state index in [4.69, 9.17) is 14.2 Å². The van der Waals surface area contributed by atoms with Gasteiger partial charge in [0, 0.05) is 6.61 Å². The molecule has 3 heteroatoms. The molecular formula is C16H30O3. The highest BCUT2D eigenvalue weighted by Crippen LogP contribution is 2.13. The summed E-state index contributed by atoms with van der Waals surface area (Å²) in [7, 11) is 0. The predicted molar refractivity (Wildman–Crippen MR) is 80.1 cm³/mol. The SMILES string of the molecule is CC=C(OCCCC)C(=CC)OCCOCCCC. The van der Waals surface area contributed by atoms with E-state index < -0.39 is 0 Å². The Balaban J connectivity index is 3.91. The lowest BCUT2D eigenvalue weighted by Gasteiger charge is -2.14. The highest BCUT2D eigenvalue weighted by Gasteiger charge is 2.06. The van der Waals surface area contributed by atoms with Gasteiger partial charge in [0.15, 0.2) is 11.5 Å². The van der Waals surface area contributed by atoms with Crippen LogP contribution >= 0.6 is 0 Å². The van der Waals surface area contributed by atoms with Gasteiger partial charge in [-0.3, -0.25) is 0 Å². The average molecular weight is 270 g/mol. The normalized spacial score (nSPS) is 12.6. The number of allylic oxidation sites excluding steroid dienone is 2. The van der Waals surface area contributed by atoms with Gasteiger partial charge in [0.25, 0.3) is 0 Å². The first-order valence-electron chi connectivity index (χ1n) is 7.46. The Morgan fingerprint density at radius 3 is 1.79 bits per heavy atom. The molecule has 0 aromatic carbocycles. The minimum absolute atomic E-state index is 0.567. The average Bonchev–Trinajstić information content (AvgIpc) is 2.44. The fourth-order valence-electron chi connectivity index (χ4n) is 1.48. The summed E-state index contributed by atoms with van der Waals surface area (Å²) in [6.07, 6.45) is 8.35. The fourth-order valence-corrected chi connectivity index (χ4v) is 1.48. The highest BCUT2D eigenvalue weighted by atomic mass is 16.5. The number of hydrogen-bond acceptors (Lipinski definition) is 3. The Labute approximate surface area is 118 Å². The Kier molecular flexibility index (Phi) is 12.8. The molecule has 0 aliphatic carbocycles. The van der Waals surface area contributed by atoms with Crippen LogP contribution in [0.2, 0.25) is 0 Å². The molecule has 0 bridgehead atoms. The molecule has 0 saturated carbocycles. The maximum Gasteiger partial charge on any atom is 0.156 e. The third-order valence-corrected chi connectivity index (χ3v) is 2.65. The van der Waals surface area contributed by atoms with Crippen LogP contribution in [0.25, 0.3) is 0 Å². The largest absolute Gasteiger partial charge is 0.490 e. The second-order valence-corrected chi connectivity index (χ2v) is 4.32. The lowest BCUT2D eigenvalue weighted by Crippen LogP contribution is -2.08. The summed E-state index contributed by atoms with van der Waals surface area (Å²) in [6, 6.07) is 0. The van der Waals surface area contributed by atoms with Crippen molar-refractivity contribution < 1.29 is 14.2 Å². The van der Waals surface area contributed by atoms with Gasteiger partial charge in [-0.05, 0) is 38.8 Å². The van der Waals surface area contributed by atoms with Crippen LogP contribution in [-0.4, -0.2) is 26.4 Å². The van der Waals surface area contributed by atoms with Gasteiger partial charge in [-0.1, -0.05) is 26.7 Å². The lowest BCUT2D eigenvalue weighted by molar-refractivity contribution is 0.0667. The molecule has 3 nitrogen and oxygen atoms in total. The lowest BCUT2D eigenvalue weighted by atomic mass is 10.3. The quantitative estimate of drug-likeness (QED) is 0.298. The highest BCUT2D eigenvalue weighted by molar-refractivity contribution is 5.18. The van der Waals surface area contributed by atoms with Crippen LogP contribution in [0.5, 0.6) is 0 Å². The van der Waals surface area contributed by atoms with Crippen LogP contribution in [0.3, 0.4) is 0 Å². The van der Waals surface area contributed by atoms with Gasteiger partial charge in [-0.15, -0.1) is 0 Å². The molecular weight excluding hydrogens is 240 g/mol. The second-order valence-electron chi connectivity index (χ2n) is 4.32. The van der Waals surface area contributed by atoms with E-state index in [1.54, 1.807) is 0 Å². The molecule has 0 N–H and O–H groups in total. The molecule has 0 aromatic rings. The van der Waals surface area contributed by atoms with Crippen molar-refractivity contribution in [2.75, 3.05) is 26.4 Å². The zero-order valence-electron chi connectivity index (χ0n) is 13.0. The second kappa shape index (κ2) is 13.5. The van der Waals surface area contributed by atoms with Crippen LogP contribution in [-0.2, 0) is 14.2 Å². The maximum atomic E-state index is 5.71. The van der Waals surface area contributed by atoms with Gasteiger partial charge < -0.3 is 14.2 Å². The van der Waals surface area contributed by atoms with Crippen LogP contribution < -0.4 is 0 Å². The molecule has 0 heterocycles. The van der Waals surface area contributed by atoms with Crippen LogP contribution in [0.4, 0.5) is 0 Å². The number of rotatable bonds is 12. The van der Waals surface area contributed by atoms with E-state index in [-0.39, 0.29) is 0 Å². The van der Waals surface area contributed by atoms with Gasteiger partial charge in [-0.25, -0.2) is 0 Å². The van der Waals surface area contributed by atoms with E-state index in [9.17, 15) is 0 Å². The van der Waals surface area contributed by atoms with Crippen LogP contribution in [0.1, 0.15) is 53.4 Å². The van der Waals surface area contributed by atoms with Crippen molar-refractivity contribution in [1.82, 2.24) is 0 Å². The number of unbranched alkanes of at least 4 members (excludes halogenated alkanes) is 2. The van der Waals surface area contributed by atoms with Crippen molar-refractivity contribution in [2.45, 2.75) is 53.4 Å². The molecule has 0 aliphatic rings. The first kappa shape index (κ1) is 18.0. The van der Waals surface area contributed by atoms with Crippen molar-refractivity contribution in [2.24, 2.45) is 0 Å². The molecule has 0 aromatic heterocycles. The van der Waals surface area contributed by atoms with Gasteiger partial charge in [0.05, 0.1) is 13.2 Å². The summed E-state index contributed by atoms with van der Waals surface area (Å²) in [5.41, 5.74) is 0. The molecule has 0 spiro atoms. The predicted octanol–water partition coefficient (Wildman–Crippen LogP) is 4.44. The molecule has 0 unspecified atom stereocenters. The first-order valence-corrected chi connectivity index (χ1v) is 7.46. The summed E-state index contributed by atoms with van der Waals surface area (Å²) in [4.78, 5) is 0. The standard InChI is InChI=1S/C16H30O3/c1-5-9-11-17-13-14-19-16(8-4)15(7-3)18-12-10-6-2/h7-8H,5-6,9-14H2,1-4H3. The molecule has 0 aliphatic heterocycles. The minimum atomic E-state index is 0.567. The van der Waals surface area contributed by atoms with Gasteiger partial charge in [0.1, 0.15) is 6.61 Å². The van der Waals surface area contributed by atoms with Gasteiger partial charge in [-0.2, -0.15) is 0 Å². The zero-order chi connectivity index (χ0) is 14.3. The monoisotopic (exact) mass is 270 g/mol. The zero-order valence-corrected chi connectivity index (χ0v) is 13.0. The van der Waals surface area contributed by atoms with Crippen molar-refractivity contribution in [3.05, 3.63) is 23.7 Å². The van der Waals surface area contributed by atoms with Crippen LogP contribution in [0, 0.1) is 0 Å². The minimum Gasteiger partial charge on any atom is -0.490 e. The van der Waals surface area contributed by atoms with Crippen molar-refractivity contribution >= 4 is 0 Å². The smallest absolute Gasteiger partial charge is 0.156 e. The van der Waals surface area contributed by atoms with Crippen LogP contribution in [0.15, 0.2) is 23.7 Å². The van der Waals surface area contributed by atoms with E-state index in [0.717, 1.165) is 50.4 Å². The molecule has 0 atom stereocenters. The number of hydrogen-bond donors (Lipinski definition) is 0. The molecule has 0 amide bonds. The molecule has 0 radical (unpaired) electrons. The van der Waals surface area contributed by atoms with E-state index >= 15 is 0 Å². The Morgan fingerprint density at radius 2 is 1.26 bits per heavy atom. The summed E-state index contributed by atoms with van der Waals surface area (Å²) in [5.74, 6) is 1.63. The van der Waals surface area contributed by atoms with E-state index in [1.165, 1.54) is 0 Å². The molecule has 19 heavy (non-hydrogen) atoms. The first-order chi connectivity index (χ1) is 9.29. The maximum absolute atomic E-state index is 5.71. The van der Waals surface area contributed by atoms with Gasteiger partial charge >= 0.3 is 0 Å². The topological polar surface area (TPSA) is 27.7 Å².